The van der Waals surface area contributed by atoms with E-state index in [9.17, 15) is 19.4 Å². The van der Waals surface area contributed by atoms with Gasteiger partial charge in [0.15, 0.2) is 0 Å². The summed E-state index contributed by atoms with van der Waals surface area (Å²) in [6.45, 7) is 4.83. The number of aliphatic hydroxyl groups excluding tert-OH is 1. The number of carbonyl (C=O) groups is 1. The molecule has 8 nitrogen and oxygen atoms in total. The van der Waals surface area contributed by atoms with Gasteiger partial charge in [-0.15, -0.1) is 0 Å². The van der Waals surface area contributed by atoms with Crippen LogP contribution in [0.4, 0.5) is 0 Å². The summed E-state index contributed by atoms with van der Waals surface area (Å²) in [7, 11) is 1.63. The van der Waals surface area contributed by atoms with Gasteiger partial charge in [-0.3, -0.25) is 13.8 Å². The zero-order chi connectivity index (χ0) is 59.8. The molecule has 9 heteroatoms. The molecule has 0 aromatic rings. The summed E-state index contributed by atoms with van der Waals surface area (Å²) >= 11 is 0. The third kappa shape index (κ3) is 66.0. The quantitative estimate of drug-likeness (QED) is 0.0243. The van der Waals surface area contributed by atoms with Gasteiger partial charge in [-0.05, 0) is 51.4 Å². The number of unbranched alkanes of at least 4 members (excludes halogenated alkanes) is 46. The second-order valence-electron chi connectivity index (χ2n) is 25.9. The minimum absolute atomic E-state index is 0.0755. The van der Waals surface area contributed by atoms with Crippen LogP contribution in [-0.2, 0) is 18.4 Å². The van der Waals surface area contributed by atoms with E-state index in [2.05, 4.69) is 67.8 Å². The maximum Gasteiger partial charge on any atom is 0.472 e. The fourth-order valence-corrected chi connectivity index (χ4v) is 11.8. The number of quaternary nitrogens is 1. The summed E-state index contributed by atoms with van der Waals surface area (Å²) < 4.78 is 23.9. The normalized spacial score (nSPS) is 13.9. The average Bonchev–Trinajstić information content (AvgIpc) is 3.47. The second kappa shape index (κ2) is 63.9. The van der Waals surface area contributed by atoms with Gasteiger partial charge < -0.3 is 19.8 Å². The van der Waals surface area contributed by atoms with Gasteiger partial charge in [0.05, 0.1) is 39.9 Å². The highest BCUT2D eigenvalue weighted by molar-refractivity contribution is 7.47. The third-order valence-electron chi connectivity index (χ3n) is 16.6. The summed E-state index contributed by atoms with van der Waals surface area (Å²) in [5.74, 6) is -0.139. The lowest BCUT2D eigenvalue weighted by atomic mass is 10.0. The molecule has 0 saturated heterocycles. The van der Waals surface area contributed by atoms with E-state index in [0.717, 1.165) is 64.2 Å². The molecule has 0 aliphatic rings. The van der Waals surface area contributed by atoms with Gasteiger partial charge in [-0.1, -0.05) is 351 Å². The van der Waals surface area contributed by atoms with Crippen LogP contribution in [0.1, 0.15) is 361 Å². The van der Waals surface area contributed by atoms with Crippen molar-refractivity contribution in [3.63, 3.8) is 0 Å². The van der Waals surface area contributed by atoms with Crippen LogP contribution in [0.25, 0.3) is 0 Å². The number of phosphoric acid groups is 1. The van der Waals surface area contributed by atoms with Crippen LogP contribution in [0.5, 0.6) is 0 Å². The molecular weight excluding hydrogens is 1030 g/mol. The fraction of sp³-hybridized carbons (Fsp3) is 0.877. The van der Waals surface area contributed by atoms with Gasteiger partial charge in [-0.25, -0.2) is 4.57 Å². The van der Waals surface area contributed by atoms with Gasteiger partial charge in [0.1, 0.15) is 13.2 Å². The summed E-state index contributed by atoms with van der Waals surface area (Å²) in [4.78, 5) is 23.5. The molecule has 1 amide bonds. The van der Waals surface area contributed by atoms with E-state index in [1.54, 1.807) is 0 Å². The first-order valence-corrected chi connectivity index (χ1v) is 37.5. The molecule has 484 valence electrons. The van der Waals surface area contributed by atoms with E-state index in [4.69, 9.17) is 9.05 Å². The van der Waals surface area contributed by atoms with Crippen molar-refractivity contribution in [3.05, 3.63) is 48.6 Å². The number of carbonyl (C=O) groups excluding carboxylic acids is 1. The van der Waals surface area contributed by atoms with Crippen molar-refractivity contribution < 1.29 is 32.9 Å². The van der Waals surface area contributed by atoms with Crippen molar-refractivity contribution >= 4 is 13.7 Å². The minimum Gasteiger partial charge on any atom is -0.391 e. The Kier molecular flexibility index (Phi) is 62.7. The zero-order valence-corrected chi connectivity index (χ0v) is 56.4. The van der Waals surface area contributed by atoms with Crippen LogP contribution in [0.15, 0.2) is 48.6 Å². The van der Waals surface area contributed by atoms with E-state index < -0.39 is 20.0 Å². The number of aliphatic hydroxyl groups is 1. The molecule has 0 aromatic heterocycles. The lowest BCUT2D eigenvalue weighted by Gasteiger charge is -2.26. The Hall–Kier alpha value is -1.54. The molecule has 0 heterocycles. The number of rotatable bonds is 67. The number of amides is 1. The van der Waals surface area contributed by atoms with Crippen molar-refractivity contribution in [2.75, 3.05) is 40.9 Å². The molecule has 3 unspecified atom stereocenters. The van der Waals surface area contributed by atoms with E-state index >= 15 is 0 Å². The lowest BCUT2D eigenvalue weighted by Crippen LogP contribution is -2.46. The average molecular weight is 1170 g/mol. The number of nitrogens with zero attached hydrogens (tertiary/aromatic N) is 1. The Morgan fingerprint density at radius 2 is 0.732 bits per heavy atom. The summed E-state index contributed by atoms with van der Waals surface area (Å²) in [5, 5.41) is 14.2. The lowest BCUT2D eigenvalue weighted by molar-refractivity contribution is -0.870. The first-order chi connectivity index (χ1) is 40.0. The molecule has 0 saturated carbocycles. The van der Waals surface area contributed by atoms with Crippen LogP contribution < -0.4 is 5.32 Å². The molecule has 0 spiro atoms. The smallest absolute Gasteiger partial charge is 0.391 e. The highest BCUT2D eigenvalue weighted by Crippen LogP contribution is 2.43. The first kappa shape index (κ1) is 80.5. The fourth-order valence-electron chi connectivity index (χ4n) is 11.0. The molecule has 0 aliphatic heterocycles. The minimum atomic E-state index is -4.33. The van der Waals surface area contributed by atoms with Gasteiger partial charge in [0.2, 0.25) is 5.91 Å². The van der Waals surface area contributed by atoms with Crippen LogP contribution in [0.2, 0.25) is 0 Å². The highest BCUT2D eigenvalue weighted by atomic mass is 31.2. The molecule has 3 atom stereocenters. The molecule has 0 rings (SSSR count). The van der Waals surface area contributed by atoms with Crippen LogP contribution in [-0.4, -0.2) is 73.4 Å². The maximum atomic E-state index is 13.1. The SMILES string of the molecule is CC/C=C\C/C=C\C/C=C\C/C=C\CCCCCCCCCCCCCCCCCCC(=O)NC(COP(=O)(O)OCC[N+](C)(C)C)C(O)CCCCCCCCCCCCCCCCCCCCCCCCCCCCCCCCC. The molecule has 82 heavy (non-hydrogen) atoms. The molecular formula is C73H142N2O6P+. The molecule has 3 N–H and O–H groups in total. The van der Waals surface area contributed by atoms with Gasteiger partial charge in [0, 0.05) is 6.42 Å². The zero-order valence-electron chi connectivity index (χ0n) is 55.5. The van der Waals surface area contributed by atoms with Crippen molar-refractivity contribution in [1.82, 2.24) is 5.32 Å². The summed E-state index contributed by atoms with van der Waals surface area (Å²) in [6.07, 6.45) is 86.5. The first-order valence-electron chi connectivity index (χ1n) is 36.0. The standard InChI is InChI=1S/C73H141N2O6P/c1-6-8-10-12-14-16-18-20-22-24-26-28-30-32-34-36-37-39-40-42-44-46-48-50-52-54-56-58-60-62-64-66-72(76)71(70-81-82(78,79)80-69-68-75(3,4)5)74-73(77)67-65-63-61-59-57-55-53-51-49-47-45-43-41-38-35-33-31-29-27-25-23-21-19-17-15-13-11-9-7-2/h9,11,15,17,21,23,27,29,71-72,76H,6-8,10,12-14,16,18-20,22,24-26,28,30-70H2,1-5H3,(H-,74,77,78,79)/p+1/b11-9-,17-15-,23-21-,29-27-. The maximum absolute atomic E-state index is 13.1. The highest BCUT2D eigenvalue weighted by Gasteiger charge is 2.28. The summed E-state index contributed by atoms with van der Waals surface area (Å²) in [5.41, 5.74) is 0. The number of hydrogen-bond donors (Lipinski definition) is 3. The molecule has 0 radical (unpaired) electrons. The second-order valence-corrected chi connectivity index (χ2v) is 27.4. The Bertz CT molecular complexity index is 1480. The topological polar surface area (TPSA) is 105 Å². The number of nitrogens with one attached hydrogen (secondary N) is 1. The van der Waals surface area contributed by atoms with Gasteiger partial charge in [-0.2, -0.15) is 0 Å². The largest absolute Gasteiger partial charge is 0.472 e. The van der Waals surface area contributed by atoms with Gasteiger partial charge in [0.25, 0.3) is 0 Å². The molecule has 0 aromatic carbocycles. The van der Waals surface area contributed by atoms with Crippen molar-refractivity contribution in [1.29, 1.82) is 0 Å². The molecule has 0 aliphatic carbocycles. The number of hydrogen-bond acceptors (Lipinski definition) is 5. The van der Waals surface area contributed by atoms with E-state index in [1.807, 2.05) is 21.1 Å². The molecule has 0 bridgehead atoms. The van der Waals surface area contributed by atoms with Crippen LogP contribution in [0.3, 0.4) is 0 Å². The van der Waals surface area contributed by atoms with E-state index in [-0.39, 0.29) is 19.1 Å². The Morgan fingerprint density at radius 3 is 1.07 bits per heavy atom. The number of phosphoric ester groups is 1. The van der Waals surface area contributed by atoms with E-state index in [0.29, 0.717) is 23.9 Å². The Labute approximate surface area is 511 Å². The number of allylic oxidation sites excluding steroid dienone is 8. The van der Waals surface area contributed by atoms with E-state index in [1.165, 1.54) is 270 Å². The van der Waals surface area contributed by atoms with Crippen molar-refractivity contribution in [2.45, 2.75) is 373 Å². The van der Waals surface area contributed by atoms with Crippen molar-refractivity contribution in [2.24, 2.45) is 0 Å². The Balaban J connectivity index is 3.99. The Morgan fingerprint density at radius 1 is 0.427 bits per heavy atom. The van der Waals surface area contributed by atoms with Gasteiger partial charge >= 0.3 is 7.82 Å². The third-order valence-corrected chi connectivity index (χ3v) is 17.6. The predicted octanol–water partition coefficient (Wildman–Crippen LogP) is 23.0. The number of likely N-dealkylation sites (N-methyl/N-ethyl adjacent to an activating group) is 1. The molecule has 0 fully saturated rings. The van der Waals surface area contributed by atoms with Crippen LogP contribution in [0, 0.1) is 0 Å². The predicted molar refractivity (Wildman–Crippen MR) is 360 cm³/mol. The summed E-state index contributed by atoms with van der Waals surface area (Å²) in [6, 6.07) is -0.763. The van der Waals surface area contributed by atoms with Crippen molar-refractivity contribution in [3.8, 4) is 0 Å². The van der Waals surface area contributed by atoms with Crippen LogP contribution >= 0.6 is 7.82 Å². The monoisotopic (exact) mass is 1170 g/mol.